The third-order valence-electron chi connectivity index (χ3n) is 3.07. The van der Waals surface area contributed by atoms with Crippen molar-refractivity contribution in [2.24, 2.45) is 0 Å². The van der Waals surface area contributed by atoms with Gasteiger partial charge in [-0.1, -0.05) is 0 Å². The zero-order valence-electron chi connectivity index (χ0n) is 9.73. The van der Waals surface area contributed by atoms with Gasteiger partial charge in [0.05, 0.1) is 5.69 Å². The maximum atomic E-state index is 10.2. The van der Waals surface area contributed by atoms with Crippen LogP contribution in [0.3, 0.4) is 0 Å². The topological polar surface area (TPSA) is 61.5 Å². The summed E-state index contributed by atoms with van der Waals surface area (Å²) in [5, 5.41) is 13.5. The molecule has 17 heavy (non-hydrogen) atoms. The largest absolute Gasteiger partial charge is 0.503 e. The predicted molar refractivity (Wildman–Crippen MR) is 65.5 cm³/mol. The van der Waals surface area contributed by atoms with Gasteiger partial charge in [-0.05, 0) is 12.1 Å². The molecule has 2 heterocycles. The number of aryl methyl sites for hydroxylation is 1. The van der Waals surface area contributed by atoms with E-state index in [0.29, 0.717) is 17.0 Å². The summed E-state index contributed by atoms with van der Waals surface area (Å²) in [7, 11) is 0. The van der Waals surface area contributed by atoms with Crippen molar-refractivity contribution in [1.82, 2.24) is 10.3 Å². The number of aromatic hydroxyl groups is 1. The van der Waals surface area contributed by atoms with Crippen LogP contribution in [0.15, 0.2) is 16.5 Å². The van der Waals surface area contributed by atoms with Gasteiger partial charge in [0, 0.05) is 33.1 Å². The predicted octanol–water partition coefficient (Wildman–Crippen LogP) is 1.25. The number of hydrogen-bond acceptors (Lipinski definition) is 5. The number of fused-ring (bicyclic) bond motifs is 1. The van der Waals surface area contributed by atoms with Gasteiger partial charge in [-0.2, -0.15) is 0 Å². The highest BCUT2D eigenvalue weighted by Gasteiger charge is 2.18. The molecule has 0 unspecified atom stereocenters. The number of benzene rings is 1. The molecule has 5 heteroatoms. The van der Waals surface area contributed by atoms with E-state index in [4.69, 9.17) is 4.42 Å². The van der Waals surface area contributed by atoms with E-state index in [1.54, 1.807) is 6.92 Å². The molecular weight excluding hydrogens is 218 g/mol. The molecule has 0 amide bonds. The van der Waals surface area contributed by atoms with E-state index in [-0.39, 0.29) is 5.75 Å². The molecule has 1 aliphatic rings. The van der Waals surface area contributed by atoms with E-state index in [1.807, 2.05) is 12.1 Å². The fourth-order valence-corrected chi connectivity index (χ4v) is 2.24. The second-order valence-electron chi connectivity index (χ2n) is 4.25. The van der Waals surface area contributed by atoms with Crippen molar-refractivity contribution in [3.63, 3.8) is 0 Å². The van der Waals surface area contributed by atoms with Crippen LogP contribution in [-0.2, 0) is 0 Å². The van der Waals surface area contributed by atoms with E-state index >= 15 is 0 Å². The average molecular weight is 233 g/mol. The molecule has 0 saturated carbocycles. The second kappa shape index (κ2) is 3.92. The number of oxazole rings is 1. The smallest absolute Gasteiger partial charge is 0.198 e. The number of phenols is 1. The standard InChI is InChI=1S/C12H15N3O2/c1-8-14-9-2-3-10(11(16)12(9)17-8)15-6-4-13-5-7-15/h2-3,13,16H,4-7H2,1H3. The number of phenolic OH excluding ortho intramolecular Hbond substituents is 1. The number of piperazine rings is 1. The molecule has 0 spiro atoms. The number of rotatable bonds is 1. The first-order chi connectivity index (χ1) is 8.25. The summed E-state index contributed by atoms with van der Waals surface area (Å²) in [6.45, 7) is 5.45. The van der Waals surface area contributed by atoms with Gasteiger partial charge in [0.25, 0.3) is 0 Å². The molecule has 90 valence electrons. The molecule has 3 rings (SSSR count). The summed E-state index contributed by atoms with van der Waals surface area (Å²) in [6, 6.07) is 3.80. The van der Waals surface area contributed by atoms with Gasteiger partial charge >= 0.3 is 0 Å². The number of nitrogens with zero attached hydrogens (tertiary/aromatic N) is 2. The molecule has 2 aromatic rings. The SMILES string of the molecule is Cc1nc2ccc(N3CCNCC3)c(O)c2o1. The molecular formula is C12H15N3O2. The van der Waals surface area contributed by atoms with Crippen LogP contribution < -0.4 is 10.2 Å². The molecule has 5 nitrogen and oxygen atoms in total. The van der Waals surface area contributed by atoms with Crippen molar-refractivity contribution in [2.45, 2.75) is 6.92 Å². The van der Waals surface area contributed by atoms with Crippen LogP contribution in [0, 0.1) is 6.92 Å². The molecule has 1 fully saturated rings. The van der Waals surface area contributed by atoms with Crippen molar-refractivity contribution in [2.75, 3.05) is 31.1 Å². The van der Waals surface area contributed by atoms with Gasteiger partial charge in [-0.15, -0.1) is 0 Å². The monoisotopic (exact) mass is 233 g/mol. The van der Waals surface area contributed by atoms with E-state index in [2.05, 4.69) is 15.2 Å². The summed E-state index contributed by atoms with van der Waals surface area (Å²) in [6.07, 6.45) is 0. The van der Waals surface area contributed by atoms with E-state index in [9.17, 15) is 5.11 Å². The van der Waals surface area contributed by atoms with Crippen molar-refractivity contribution < 1.29 is 9.52 Å². The van der Waals surface area contributed by atoms with Gasteiger partial charge in [0.15, 0.2) is 17.2 Å². The van der Waals surface area contributed by atoms with Crippen LogP contribution in [0.4, 0.5) is 5.69 Å². The molecule has 0 radical (unpaired) electrons. The Morgan fingerprint density at radius 2 is 2.12 bits per heavy atom. The third kappa shape index (κ3) is 1.72. The summed E-state index contributed by atoms with van der Waals surface area (Å²) in [5.74, 6) is 0.776. The number of hydrogen-bond donors (Lipinski definition) is 2. The van der Waals surface area contributed by atoms with Gasteiger partial charge in [0.1, 0.15) is 5.52 Å². The molecule has 1 saturated heterocycles. The normalized spacial score (nSPS) is 16.6. The molecule has 0 bridgehead atoms. The fourth-order valence-electron chi connectivity index (χ4n) is 2.24. The number of aromatic nitrogens is 1. The first-order valence-electron chi connectivity index (χ1n) is 5.80. The maximum Gasteiger partial charge on any atom is 0.198 e. The lowest BCUT2D eigenvalue weighted by atomic mass is 10.2. The minimum absolute atomic E-state index is 0.199. The number of anilines is 1. The Morgan fingerprint density at radius 1 is 1.35 bits per heavy atom. The molecule has 2 N–H and O–H groups in total. The van der Waals surface area contributed by atoms with Crippen LogP contribution in [-0.4, -0.2) is 36.3 Å². The van der Waals surface area contributed by atoms with Crippen molar-refractivity contribution in [3.05, 3.63) is 18.0 Å². The van der Waals surface area contributed by atoms with Gasteiger partial charge in [-0.3, -0.25) is 0 Å². The van der Waals surface area contributed by atoms with Gasteiger partial charge in [-0.25, -0.2) is 4.98 Å². The summed E-state index contributed by atoms with van der Waals surface area (Å²) in [4.78, 5) is 6.36. The highest BCUT2D eigenvalue weighted by molar-refractivity contribution is 5.86. The lowest BCUT2D eigenvalue weighted by Gasteiger charge is -2.29. The maximum absolute atomic E-state index is 10.2. The highest BCUT2D eigenvalue weighted by Crippen LogP contribution is 2.35. The summed E-state index contributed by atoms with van der Waals surface area (Å²) >= 11 is 0. The molecule has 0 atom stereocenters. The summed E-state index contributed by atoms with van der Waals surface area (Å²) < 4.78 is 5.43. The minimum atomic E-state index is 0.199. The Bertz CT molecular complexity index is 544. The van der Waals surface area contributed by atoms with Crippen LogP contribution in [0.5, 0.6) is 5.75 Å². The zero-order valence-corrected chi connectivity index (χ0v) is 9.73. The Kier molecular flexibility index (Phi) is 2.40. The van der Waals surface area contributed by atoms with Gasteiger partial charge < -0.3 is 19.7 Å². The van der Waals surface area contributed by atoms with Crippen LogP contribution in [0.1, 0.15) is 5.89 Å². The zero-order chi connectivity index (χ0) is 11.8. The van der Waals surface area contributed by atoms with Crippen molar-refractivity contribution in [1.29, 1.82) is 0 Å². The first-order valence-corrected chi connectivity index (χ1v) is 5.80. The van der Waals surface area contributed by atoms with Crippen LogP contribution in [0.2, 0.25) is 0 Å². The quantitative estimate of drug-likeness (QED) is 0.776. The number of nitrogens with one attached hydrogen (secondary N) is 1. The van der Waals surface area contributed by atoms with Crippen LogP contribution >= 0.6 is 0 Å². The Hall–Kier alpha value is -1.75. The van der Waals surface area contributed by atoms with Crippen molar-refractivity contribution in [3.8, 4) is 5.75 Å². The third-order valence-corrected chi connectivity index (χ3v) is 3.07. The van der Waals surface area contributed by atoms with Gasteiger partial charge in [0.2, 0.25) is 0 Å². The van der Waals surface area contributed by atoms with Crippen LogP contribution in [0.25, 0.3) is 11.1 Å². The molecule has 0 aliphatic carbocycles. The Balaban J connectivity index is 2.06. The first kappa shape index (κ1) is 10.4. The Morgan fingerprint density at radius 3 is 2.88 bits per heavy atom. The molecule has 1 aromatic carbocycles. The van der Waals surface area contributed by atoms with E-state index in [1.165, 1.54) is 0 Å². The summed E-state index contributed by atoms with van der Waals surface area (Å²) in [5.41, 5.74) is 2.02. The molecule has 1 aliphatic heterocycles. The second-order valence-corrected chi connectivity index (χ2v) is 4.25. The Labute approximate surface area is 99.0 Å². The average Bonchev–Trinajstić information content (AvgIpc) is 2.72. The van der Waals surface area contributed by atoms with Crippen molar-refractivity contribution >= 4 is 16.8 Å². The highest BCUT2D eigenvalue weighted by atomic mass is 16.4. The molecule has 1 aromatic heterocycles. The lowest BCUT2D eigenvalue weighted by molar-refractivity contribution is 0.456. The van der Waals surface area contributed by atoms with E-state index in [0.717, 1.165) is 31.9 Å². The van der Waals surface area contributed by atoms with E-state index < -0.39 is 0 Å². The minimum Gasteiger partial charge on any atom is -0.503 e. The lowest BCUT2D eigenvalue weighted by Crippen LogP contribution is -2.43. The fraction of sp³-hybridized carbons (Fsp3) is 0.417.